The van der Waals surface area contributed by atoms with Crippen molar-refractivity contribution in [1.82, 2.24) is 0 Å². The van der Waals surface area contributed by atoms with E-state index in [9.17, 15) is 4.39 Å². The molecule has 2 rings (SSSR count). The van der Waals surface area contributed by atoms with E-state index in [4.69, 9.17) is 27.9 Å². The zero-order valence-electron chi connectivity index (χ0n) is 9.01. The topological polar surface area (TPSA) is 9.23 Å². The molecule has 0 N–H and O–H groups in total. The maximum Gasteiger partial charge on any atom is 0.129 e. The number of halogens is 3. The monoisotopic (exact) mass is 270 g/mol. The first-order valence-corrected chi connectivity index (χ1v) is 5.67. The summed E-state index contributed by atoms with van der Waals surface area (Å²) in [5.41, 5.74) is 1.32. The van der Waals surface area contributed by atoms with Crippen molar-refractivity contribution in [2.24, 2.45) is 0 Å². The van der Waals surface area contributed by atoms with Gasteiger partial charge in [-0.3, -0.25) is 0 Å². The Hall–Kier alpha value is -1.25. The van der Waals surface area contributed by atoms with Crippen LogP contribution in [0.1, 0.15) is 0 Å². The van der Waals surface area contributed by atoms with E-state index < -0.39 is 0 Å². The van der Waals surface area contributed by atoms with E-state index in [2.05, 4.69) is 0 Å². The highest BCUT2D eigenvalue weighted by molar-refractivity contribution is 6.39. The summed E-state index contributed by atoms with van der Waals surface area (Å²) in [6.45, 7) is 0. The van der Waals surface area contributed by atoms with Gasteiger partial charge in [0.1, 0.15) is 11.6 Å². The quantitative estimate of drug-likeness (QED) is 0.761. The van der Waals surface area contributed by atoms with Gasteiger partial charge in [0.2, 0.25) is 0 Å². The molecular formula is C13H9Cl2FO. The van der Waals surface area contributed by atoms with Gasteiger partial charge in [-0.2, -0.15) is 0 Å². The summed E-state index contributed by atoms with van der Waals surface area (Å²) in [6, 6.07) is 9.45. The second-order valence-electron chi connectivity index (χ2n) is 3.44. The molecule has 1 nitrogen and oxygen atoms in total. The van der Waals surface area contributed by atoms with Gasteiger partial charge in [-0.1, -0.05) is 29.3 Å². The number of hydrogen-bond donors (Lipinski definition) is 0. The first kappa shape index (κ1) is 12.2. The van der Waals surface area contributed by atoms with Crippen LogP contribution in [-0.2, 0) is 0 Å². The zero-order chi connectivity index (χ0) is 12.4. The minimum absolute atomic E-state index is 0.367. The van der Waals surface area contributed by atoms with Gasteiger partial charge in [-0.05, 0) is 24.3 Å². The average molecular weight is 271 g/mol. The average Bonchev–Trinajstić information content (AvgIpc) is 2.30. The maximum absolute atomic E-state index is 13.1. The molecule has 88 valence electrons. The van der Waals surface area contributed by atoms with E-state index in [0.717, 1.165) is 0 Å². The number of rotatable bonds is 2. The molecule has 2 aromatic carbocycles. The van der Waals surface area contributed by atoms with Crippen LogP contribution in [0.25, 0.3) is 11.1 Å². The lowest BCUT2D eigenvalue weighted by Crippen LogP contribution is -1.90. The van der Waals surface area contributed by atoms with Crippen molar-refractivity contribution in [3.63, 3.8) is 0 Å². The largest absolute Gasteiger partial charge is 0.496 e. The van der Waals surface area contributed by atoms with Gasteiger partial charge in [0.05, 0.1) is 17.2 Å². The second kappa shape index (κ2) is 4.94. The summed E-state index contributed by atoms with van der Waals surface area (Å²) in [7, 11) is 1.48. The highest BCUT2D eigenvalue weighted by Crippen LogP contribution is 2.39. The molecule has 0 saturated heterocycles. The third-order valence-corrected chi connectivity index (χ3v) is 3.03. The van der Waals surface area contributed by atoms with E-state index in [1.165, 1.54) is 19.2 Å². The summed E-state index contributed by atoms with van der Waals surface area (Å²) in [5, 5.41) is 1.00. The van der Waals surface area contributed by atoms with Crippen LogP contribution < -0.4 is 4.74 Å². The van der Waals surface area contributed by atoms with Crippen molar-refractivity contribution in [2.75, 3.05) is 7.11 Å². The molecule has 0 aliphatic carbocycles. The van der Waals surface area contributed by atoms with Crippen LogP contribution >= 0.6 is 23.2 Å². The third-order valence-electron chi connectivity index (χ3n) is 2.40. The van der Waals surface area contributed by atoms with E-state index in [1.807, 2.05) is 0 Å². The lowest BCUT2D eigenvalue weighted by Gasteiger charge is -2.11. The van der Waals surface area contributed by atoms with Crippen LogP contribution in [0, 0.1) is 5.82 Å². The van der Waals surface area contributed by atoms with Crippen molar-refractivity contribution in [2.45, 2.75) is 0 Å². The fourth-order valence-corrected chi connectivity index (χ4v) is 2.23. The lowest BCUT2D eigenvalue weighted by atomic mass is 10.0. The third kappa shape index (κ3) is 2.38. The molecular weight excluding hydrogens is 262 g/mol. The van der Waals surface area contributed by atoms with Gasteiger partial charge >= 0.3 is 0 Å². The minimum Gasteiger partial charge on any atom is -0.496 e. The highest BCUT2D eigenvalue weighted by atomic mass is 35.5. The predicted octanol–water partition coefficient (Wildman–Crippen LogP) is 4.81. The molecule has 0 bridgehead atoms. The Morgan fingerprint density at radius 2 is 1.71 bits per heavy atom. The van der Waals surface area contributed by atoms with Gasteiger partial charge in [-0.15, -0.1) is 0 Å². The summed E-state index contributed by atoms with van der Waals surface area (Å²) < 4.78 is 18.2. The van der Waals surface area contributed by atoms with Crippen molar-refractivity contribution in [3.05, 3.63) is 52.3 Å². The molecule has 17 heavy (non-hydrogen) atoms. The SMILES string of the molecule is COc1cc(F)ccc1-c1c(Cl)cccc1Cl. The number of hydrogen-bond acceptors (Lipinski definition) is 1. The zero-order valence-corrected chi connectivity index (χ0v) is 10.5. The Morgan fingerprint density at radius 3 is 2.29 bits per heavy atom. The number of ether oxygens (including phenoxy) is 1. The smallest absolute Gasteiger partial charge is 0.129 e. The Balaban J connectivity index is 2.68. The Bertz CT molecular complexity index is 535. The molecule has 0 aromatic heterocycles. The van der Waals surface area contributed by atoms with Gasteiger partial charge in [0.15, 0.2) is 0 Å². The summed E-state index contributed by atoms with van der Waals surface area (Å²) in [4.78, 5) is 0. The molecule has 0 aliphatic rings. The molecule has 2 aromatic rings. The Labute approximate surface area is 109 Å². The van der Waals surface area contributed by atoms with Crippen molar-refractivity contribution >= 4 is 23.2 Å². The standard InChI is InChI=1S/C13H9Cl2FO/c1-17-12-7-8(16)5-6-9(12)13-10(14)3-2-4-11(13)15/h2-7H,1H3. The predicted molar refractivity (Wildman–Crippen MR) is 68.4 cm³/mol. The lowest BCUT2D eigenvalue weighted by molar-refractivity contribution is 0.413. The van der Waals surface area contributed by atoms with Crippen molar-refractivity contribution in [1.29, 1.82) is 0 Å². The fourth-order valence-electron chi connectivity index (χ4n) is 1.63. The van der Waals surface area contributed by atoms with E-state index in [0.29, 0.717) is 26.9 Å². The summed E-state index contributed by atoms with van der Waals surface area (Å²) in [5.74, 6) is 0.0359. The van der Waals surface area contributed by atoms with Crippen LogP contribution in [0.2, 0.25) is 10.0 Å². The van der Waals surface area contributed by atoms with Crippen LogP contribution in [0.3, 0.4) is 0 Å². The molecule has 0 saturated carbocycles. The molecule has 0 spiro atoms. The van der Waals surface area contributed by atoms with Crippen LogP contribution in [-0.4, -0.2) is 7.11 Å². The van der Waals surface area contributed by atoms with Gasteiger partial charge in [-0.25, -0.2) is 4.39 Å². The van der Waals surface area contributed by atoms with Crippen LogP contribution in [0.15, 0.2) is 36.4 Å². The van der Waals surface area contributed by atoms with E-state index in [1.54, 1.807) is 24.3 Å². The molecule has 0 heterocycles. The molecule has 0 unspecified atom stereocenters. The fraction of sp³-hybridized carbons (Fsp3) is 0.0769. The molecule has 0 fully saturated rings. The molecule has 0 atom stereocenters. The number of methoxy groups -OCH3 is 1. The maximum atomic E-state index is 13.1. The normalized spacial score (nSPS) is 10.4. The van der Waals surface area contributed by atoms with Crippen molar-refractivity contribution in [3.8, 4) is 16.9 Å². The van der Waals surface area contributed by atoms with Crippen molar-refractivity contribution < 1.29 is 9.13 Å². The molecule has 0 amide bonds. The van der Waals surface area contributed by atoms with Crippen LogP contribution in [0.4, 0.5) is 4.39 Å². The number of benzene rings is 2. The Kier molecular flexibility index (Phi) is 3.55. The molecule has 4 heteroatoms. The minimum atomic E-state index is -0.367. The highest BCUT2D eigenvalue weighted by Gasteiger charge is 2.13. The Morgan fingerprint density at radius 1 is 1.06 bits per heavy atom. The van der Waals surface area contributed by atoms with Gasteiger partial charge < -0.3 is 4.74 Å². The molecule has 0 aliphatic heterocycles. The van der Waals surface area contributed by atoms with E-state index in [-0.39, 0.29) is 5.82 Å². The van der Waals surface area contributed by atoms with E-state index >= 15 is 0 Å². The first-order chi connectivity index (χ1) is 8.13. The van der Waals surface area contributed by atoms with Crippen LogP contribution in [0.5, 0.6) is 5.75 Å². The van der Waals surface area contributed by atoms with Gasteiger partial charge in [0, 0.05) is 17.2 Å². The van der Waals surface area contributed by atoms with Gasteiger partial charge in [0.25, 0.3) is 0 Å². The second-order valence-corrected chi connectivity index (χ2v) is 4.26. The summed E-state index contributed by atoms with van der Waals surface area (Å²) >= 11 is 12.2. The first-order valence-electron chi connectivity index (χ1n) is 4.91. The molecule has 0 radical (unpaired) electrons. The summed E-state index contributed by atoms with van der Waals surface area (Å²) in [6.07, 6.45) is 0.